The molecule has 1 rings (SSSR count). The first-order valence-electron chi connectivity index (χ1n) is 8.05. The summed E-state index contributed by atoms with van der Waals surface area (Å²) >= 11 is 1.79. The third-order valence-corrected chi connectivity index (χ3v) is 4.78. The van der Waals surface area contributed by atoms with Gasteiger partial charge in [0.1, 0.15) is 0 Å². The van der Waals surface area contributed by atoms with Crippen molar-refractivity contribution in [1.29, 1.82) is 0 Å². The van der Waals surface area contributed by atoms with Gasteiger partial charge in [-0.05, 0) is 26.7 Å². The van der Waals surface area contributed by atoms with Crippen molar-refractivity contribution in [3.05, 3.63) is 15.6 Å². The molecule has 2 N–H and O–H groups in total. The van der Waals surface area contributed by atoms with Gasteiger partial charge >= 0.3 is 0 Å². The second kappa shape index (κ2) is 12.1. The number of thiazole rings is 1. The molecule has 1 aromatic heterocycles. The van der Waals surface area contributed by atoms with Crippen LogP contribution in [-0.2, 0) is 6.42 Å². The number of hydrogen-bond acceptors (Lipinski definition) is 3. The Bertz CT molecular complexity index is 441. The van der Waals surface area contributed by atoms with Crippen molar-refractivity contribution in [2.45, 2.75) is 53.9 Å². The predicted octanol–water partition coefficient (Wildman–Crippen LogP) is 3.91. The lowest BCUT2D eigenvalue weighted by molar-refractivity contribution is 0.504. The first-order chi connectivity index (χ1) is 10.1. The summed E-state index contributed by atoms with van der Waals surface area (Å²) in [5.74, 6) is 1.62. The Balaban J connectivity index is 0.00000441. The minimum atomic E-state index is 0. The van der Waals surface area contributed by atoms with Crippen LogP contribution in [0.3, 0.4) is 0 Å². The van der Waals surface area contributed by atoms with Crippen LogP contribution in [0.1, 0.15) is 49.2 Å². The number of aliphatic imine (C=N–C) groups is 1. The van der Waals surface area contributed by atoms with Gasteiger partial charge < -0.3 is 10.6 Å². The highest BCUT2D eigenvalue weighted by Gasteiger charge is 2.06. The Morgan fingerprint density at radius 2 is 1.86 bits per heavy atom. The zero-order valence-corrected chi connectivity index (χ0v) is 17.7. The van der Waals surface area contributed by atoms with E-state index in [1.807, 2.05) is 0 Å². The summed E-state index contributed by atoms with van der Waals surface area (Å²) in [5.41, 5.74) is 1.17. The van der Waals surface area contributed by atoms with Gasteiger partial charge in [0.15, 0.2) is 5.96 Å². The highest BCUT2D eigenvalue weighted by molar-refractivity contribution is 14.0. The van der Waals surface area contributed by atoms with E-state index in [9.17, 15) is 0 Å². The highest BCUT2D eigenvalue weighted by atomic mass is 127. The van der Waals surface area contributed by atoms with E-state index in [0.717, 1.165) is 37.0 Å². The normalized spacial score (nSPS) is 11.5. The van der Waals surface area contributed by atoms with E-state index < -0.39 is 0 Å². The van der Waals surface area contributed by atoms with Crippen molar-refractivity contribution in [3.8, 4) is 0 Å². The van der Waals surface area contributed by atoms with Gasteiger partial charge in [-0.2, -0.15) is 0 Å². The van der Waals surface area contributed by atoms with Gasteiger partial charge in [-0.15, -0.1) is 35.3 Å². The van der Waals surface area contributed by atoms with Crippen LogP contribution in [0.15, 0.2) is 4.99 Å². The van der Waals surface area contributed by atoms with E-state index >= 15 is 0 Å². The molecule has 0 atom stereocenters. The van der Waals surface area contributed by atoms with E-state index in [4.69, 9.17) is 4.99 Å². The SMILES string of the molecule is CCNC(=NCC(CC)CC)NCCc1sc(C)nc1C.I. The highest BCUT2D eigenvalue weighted by Crippen LogP contribution is 2.17. The zero-order valence-electron chi connectivity index (χ0n) is 14.5. The van der Waals surface area contributed by atoms with Gasteiger partial charge in [0, 0.05) is 30.9 Å². The molecule has 4 nitrogen and oxygen atoms in total. The summed E-state index contributed by atoms with van der Waals surface area (Å²) in [4.78, 5) is 10.5. The molecule has 0 saturated heterocycles. The molecule has 0 spiro atoms. The molecule has 0 unspecified atom stereocenters. The first-order valence-corrected chi connectivity index (χ1v) is 8.87. The molecule has 0 aliphatic carbocycles. The first kappa shape index (κ1) is 21.6. The van der Waals surface area contributed by atoms with Gasteiger partial charge in [0.25, 0.3) is 0 Å². The monoisotopic (exact) mass is 438 g/mol. The van der Waals surface area contributed by atoms with Crippen molar-refractivity contribution >= 4 is 41.3 Å². The molecule has 1 heterocycles. The van der Waals surface area contributed by atoms with E-state index in [0.29, 0.717) is 5.92 Å². The second-order valence-corrected chi connectivity index (χ2v) is 6.61. The molecular formula is C16H31IN4S. The standard InChI is InChI=1S/C16H30N4S.HI/c1-6-14(7-2)11-19-16(17-8-3)18-10-9-15-12(4)20-13(5)21-15;/h14H,6-11H2,1-5H3,(H2,17,18,19);1H. The largest absolute Gasteiger partial charge is 0.357 e. The van der Waals surface area contributed by atoms with Gasteiger partial charge in [-0.3, -0.25) is 4.99 Å². The topological polar surface area (TPSA) is 49.3 Å². The van der Waals surface area contributed by atoms with Crippen LogP contribution in [0.2, 0.25) is 0 Å². The fourth-order valence-corrected chi connectivity index (χ4v) is 3.15. The van der Waals surface area contributed by atoms with Crippen LogP contribution < -0.4 is 10.6 Å². The van der Waals surface area contributed by atoms with Gasteiger partial charge in [-0.25, -0.2) is 4.98 Å². The summed E-state index contributed by atoms with van der Waals surface area (Å²) in [7, 11) is 0. The number of aryl methyl sites for hydroxylation is 2. The van der Waals surface area contributed by atoms with E-state index in [1.54, 1.807) is 11.3 Å². The minimum absolute atomic E-state index is 0. The lowest BCUT2D eigenvalue weighted by atomic mass is 10.0. The Morgan fingerprint density at radius 1 is 1.18 bits per heavy atom. The number of aromatic nitrogens is 1. The van der Waals surface area contributed by atoms with Crippen molar-refractivity contribution < 1.29 is 0 Å². The maximum absolute atomic E-state index is 4.70. The van der Waals surface area contributed by atoms with Crippen molar-refractivity contribution in [2.75, 3.05) is 19.6 Å². The third kappa shape index (κ3) is 7.76. The average molecular weight is 438 g/mol. The van der Waals surface area contributed by atoms with Gasteiger partial charge in [-0.1, -0.05) is 26.7 Å². The van der Waals surface area contributed by atoms with E-state index in [-0.39, 0.29) is 24.0 Å². The molecule has 0 aromatic carbocycles. The molecule has 0 aliphatic heterocycles. The number of nitrogens with zero attached hydrogens (tertiary/aromatic N) is 2. The molecule has 0 aliphatic rings. The molecular weight excluding hydrogens is 407 g/mol. The molecule has 0 amide bonds. The summed E-state index contributed by atoms with van der Waals surface area (Å²) < 4.78 is 0. The van der Waals surface area contributed by atoms with Crippen LogP contribution >= 0.6 is 35.3 Å². The van der Waals surface area contributed by atoms with Crippen LogP contribution in [0.4, 0.5) is 0 Å². The van der Waals surface area contributed by atoms with E-state index in [2.05, 4.69) is 50.2 Å². The molecule has 128 valence electrons. The minimum Gasteiger partial charge on any atom is -0.357 e. The molecule has 0 bridgehead atoms. The lowest BCUT2D eigenvalue weighted by Crippen LogP contribution is -2.38. The number of rotatable bonds is 8. The Hall–Kier alpha value is -0.370. The lowest BCUT2D eigenvalue weighted by Gasteiger charge is -2.13. The fraction of sp³-hybridized carbons (Fsp3) is 0.750. The summed E-state index contributed by atoms with van der Waals surface area (Å²) in [6, 6.07) is 0. The Kier molecular flexibility index (Phi) is 11.9. The maximum Gasteiger partial charge on any atom is 0.191 e. The van der Waals surface area contributed by atoms with E-state index in [1.165, 1.54) is 23.4 Å². The third-order valence-electron chi connectivity index (χ3n) is 3.65. The van der Waals surface area contributed by atoms with Crippen molar-refractivity contribution in [2.24, 2.45) is 10.9 Å². The number of hydrogen-bond donors (Lipinski definition) is 2. The second-order valence-electron chi connectivity index (χ2n) is 5.32. The number of halogens is 1. The van der Waals surface area contributed by atoms with Crippen molar-refractivity contribution in [3.63, 3.8) is 0 Å². The fourth-order valence-electron chi connectivity index (χ4n) is 2.21. The molecule has 0 radical (unpaired) electrons. The van der Waals surface area contributed by atoms with Crippen LogP contribution in [-0.4, -0.2) is 30.6 Å². The van der Waals surface area contributed by atoms with Gasteiger partial charge in [0.2, 0.25) is 0 Å². The van der Waals surface area contributed by atoms with Crippen LogP contribution in [0.5, 0.6) is 0 Å². The average Bonchev–Trinajstić information content (AvgIpc) is 2.78. The maximum atomic E-state index is 4.70. The Labute approximate surface area is 156 Å². The molecule has 0 saturated carbocycles. The summed E-state index contributed by atoms with van der Waals surface area (Å²) in [6.07, 6.45) is 3.39. The smallest absolute Gasteiger partial charge is 0.191 e. The quantitative estimate of drug-likeness (QED) is 0.368. The van der Waals surface area contributed by atoms with Gasteiger partial charge in [0.05, 0.1) is 10.7 Å². The molecule has 6 heteroatoms. The summed E-state index contributed by atoms with van der Waals surface area (Å²) in [6.45, 7) is 13.4. The van der Waals surface area contributed by atoms with Crippen molar-refractivity contribution in [1.82, 2.24) is 15.6 Å². The van der Waals surface area contributed by atoms with Crippen LogP contribution in [0, 0.1) is 19.8 Å². The zero-order chi connectivity index (χ0) is 15.7. The molecule has 22 heavy (non-hydrogen) atoms. The Morgan fingerprint density at radius 3 is 2.36 bits per heavy atom. The number of nitrogens with one attached hydrogen (secondary N) is 2. The molecule has 1 aromatic rings. The van der Waals surface area contributed by atoms with Crippen LogP contribution in [0.25, 0.3) is 0 Å². The molecule has 0 fully saturated rings. The number of guanidine groups is 1. The predicted molar refractivity (Wildman–Crippen MR) is 109 cm³/mol. The summed E-state index contributed by atoms with van der Waals surface area (Å²) in [5, 5.41) is 7.90.